The number of unbranched alkanes of at least 4 members (excludes halogenated alkanes) is 1. The highest BCUT2D eigenvalue weighted by atomic mass is 16.2. The van der Waals surface area contributed by atoms with Gasteiger partial charge in [0, 0.05) is 28.7 Å². The normalized spacial score (nSPS) is 8.93. The molecule has 0 aliphatic carbocycles. The zero-order valence-electron chi connectivity index (χ0n) is 20.3. The average Bonchev–Trinajstić information content (AvgIpc) is 2.86. The lowest BCUT2D eigenvalue weighted by molar-refractivity contribution is -0.127. The molecule has 2 rings (SSSR count). The predicted molar refractivity (Wildman–Crippen MR) is 166 cm³/mol. The molecule has 0 spiro atoms. The summed E-state index contributed by atoms with van der Waals surface area (Å²) >= 11 is 0. The maximum Gasteiger partial charge on any atom is 0.252 e. The van der Waals surface area contributed by atoms with E-state index in [1.54, 1.807) is 24.3 Å². The first-order valence-electron chi connectivity index (χ1n) is 11.5. The Bertz CT molecular complexity index is 1130. The number of rotatable bonds is 13. The SMILES string of the molecule is C.C.C.C.C.CCCCC(=O)c1ccc(C(=O)NCNC(=O)c2cccc(C(=O)NCNC(=O)CC(C)=O)c2)cc1. The van der Waals surface area contributed by atoms with Gasteiger partial charge >= 0.3 is 0 Å². The van der Waals surface area contributed by atoms with Gasteiger partial charge in [0.05, 0.1) is 19.8 Å². The molecule has 4 N–H and O–H groups in total. The number of Topliss-reactive ketones (excluding diaryl/α,β-unsaturated/α-hetero) is 2. The predicted octanol–water partition coefficient (Wildman–Crippen LogP) is 5.14. The molecule has 41 heavy (non-hydrogen) atoms. The van der Waals surface area contributed by atoms with Crippen molar-refractivity contribution in [1.29, 1.82) is 0 Å². The van der Waals surface area contributed by atoms with Crippen molar-refractivity contribution >= 4 is 35.2 Å². The quantitative estimate of drug-likeness (QED) is 0.148. The minimum atomic E-state index is -0.516. The molecule has 230 valence electrons. The van der Waals surface area contributed by atoms with E-state index in [2.05, 4.69) is 21.3 Å². The zero-order valence-corrected chi connectivity index (χ0v) is 20.3. The van der Waals surface area contributed by atoms with Crippen LogP contribution in [0, 0.1) is 0 Å². The largest absolute Gasteiger partial charge is 0.338 e. The molecular weight excluding hydrogens is 524 g/mol. The molecule has 0 fully saturated rings. The monoisotopic (exact) mass is 574 g/mol. The van der Waals surface area contributed by atoms with Crippen LogP contribution >= 0.6 is 0 Å². The van der Waals surface area contributed by atoms with Crippen LogP contribution < -0.4 is 21.3 Å². The highest BCUT2D eigenvalue weighted by Gasteiger charge is 2.12. The van der Waals surface area contributed by atoms with E-state index in [-0.39, 0.29) is 79.6 Å². The summed E-state index contributed by atoms with van der Waals surface area (Å²) in [6, 6.07) is 12.2. The van der Waals surface area contributed by atoms with Gasteiger partial charge in [0.25, 0.3) is 17.7 Å². The summed E-state index contributed by atoms with van der Waals surface area (Å²) < 4.78 is 0. The van der Waals surface area contributed by atoms with Crippen LogP contribution in [0.2, 0.25) is 0 Å². The molecule has 0 aliphatic heterocycles. The fourth-order valence-electron chi connectivity index (χ4n) is 3.11. The van der Waals surface area contributed by atoms with Crippen LogP contribution in [-0.2, 0) is 9.59 Å². The van der Waals surface area contributed by atoms with Gasteiger partial charge < -0.3 is 21.3 Å². The van der Waals surface area contributed by atoms with Crippen LogP contribution in [0.1, 0.15) is 118 Å². The minimum Gasteiger partial charge on any atom is -0.338 e. The second-order valence-electron chi connectivity index (χ2n) is 8.03. The Morgan fingerprint density at radius 3 is 1.51 bits per heavy atom. The first-order chi connectivity index (χ1) is 17.2. The molecule has 4 amide bonds. The molecule has 10 nitrogen and oxygen atoms in total. The van der Waals surface area contributed by atoms with Crippen LogP contribution in [-0.4, -0.2) is 48.5 Å². The molecule has 0 unspecified atom stereocenters. The summed E-state index contributed by atoms with van der Waals surface area (Å²) in [5.74, 6) is -2.20. The summed E-state index contributed by atoms with van der Waals surface area (Å²) in [5, 5.41) is 9.99. The van der Waals surface area contributed by atoms with Crippen molar-refractivity contribution in [1.82, 2.24) is 21.3 Å². The Kier molecular flexibility index (Phi) is 24.0. The summed E-state index contributed by atoms with van der Waals surface area (Å²) in [6.07, 6.45) is 1.94. The van der Waals surface area contributed by atoms with Gasteiger partial charge in [-0.1, -0.05) is 68.7 Å². The number of carbonyl (C=O) groups excluding carboxylic acids is 6. The van der Waals surface area contributed by atoms with Crippen molar-refractivity contribution in [3.05, 3.63) is 70.8 Å². The number of nitrogens with one attached hydrogen (secondary N) is 4. The van der Waals surface area contributed by atoms with E-state index >= 15 is 0 Å². The number of benzene rings is 2. The lowest BCUT2D eigenvalue weighted by Gasteiger charge is -2.10. The summed E-state index contributed by atoms with van der Waals surface area (Å²) in [5.41, 5.74) is 1.30. The molecular formula is C31H50N4O6. The van der Waals surface area contributed by atoms with Crippen LogP contribution in [0.15, 0.2) is 48.5 Å². The fraction of sp³-hybridized carbons (Fsp3) is 0.419. The van der Waals surface area contributed by atoms with Gasteiger partial charge in [-0.2, -0.15) is 0 Å². The van der Waals surface area contributed by atoms with E-state index in [0.717, 1.165) is 12.8 Å². The molecule has 0 aromatic heterocycles. The van der Waals surface area contributed by atoms with Crippen LogP contribution in [0.4, 0.5) is 0 Å². The number of amides is 4. The van der Waals surface area contributed by atoms with Crippen LogP contribution in [0.25, 0.3) is 0 Å². The molecule has 0 bridgehead atoms. The third-order valence-corrected chi connectivity index (χ3v) is 5.06. The third kappa shape index (κ3) is 15.1. The van der Waals surface area contributed by atoms with Gasteiger partial charge in [0.1, 0.15) is 5.78 Å². The molecule has 2 aromatic carbocycles. The molecule has 10 heteroatoms. The Morgan fingerprint density at radius 1 is 0.610 bits per heavy atom. The standard InChI is InChI=1S/C26H30N4O6.5CH4/c1-3-4-8-22(32)18-9-11-19(12-10-18)24(34)29-16-30-26(36)21-7-5-6-20(14-21)25(35)28-15-27-23(33)13-17(2)31;;;;;/h5-7,9-12,14H,3-4,8,13,15-16H2,1-2H3,(H,27,33)(H,28,35)(H,29,34)(H,30,36);5*1H4. The molecule has 0 atom stereocenters. The lowest BCUT2D eigenvalue weighted by Crippen LogP contribution is -2.38. The van der Waals surface area contributed by atoms with Crippen LogP contribution in [0.5, 0.6) is 0 Å². The smallest absolute Gasteiger partial charge is 0.252 e. The number of hydrogen-bond donors (Lipinski definition) is 4. The molecule has 0 aliphatic rings. The zero-order chi connectivity index (χ0) is 26.5. The topological polar surface area (TPSA) is 151 Å². The summed E-state index contributed by atoms with van der Waals surface area (Å²) in [6.45, 7) is 2.99. The second kappa shape index (κ2) is 22.5. The Hall–Kier alpha value is -4.34. The molecule has 0 saturated carbocycles. The molecule has 0 saturated heterocycles. The third-order valence-electron chi connectivity index (χ3n) is 5.06. The van der Waals surface area contributed by atoms with Crippen molar-refractivity contribution in [3.8, 4) is 0 Å². The maximum absolute atomic E-state index is 12.4. The first-order valence-corrected chi connectivity index (χ1v) is 11.5. The van der Waals surface area contributed by atoms with Crippen molar-refractivity contribution in [2.45, 2.75) is 76.7 Å². The highest BCUT2D eigenvalue weighted by molar-refractivity contribution is 6.01. The minimum absolute atomic E-state index is 0. The van der Waals surface area contributed by atoms with E-state index in [4.69, 9.17) is 0 Å². The van der Waals surface area contributed by atoms with E-state index in [1.807, 2.05) is 6.92 Å². The van der Waals surface area contributed by atoms with E-state index < -0.39 is 23.6 Å². The average molecular weight is 575 g/mol. The number of carbonyl (C=O) groups is 6. The maximum atomic E-state index is 12.4. The first kappa shape index (κ1) is 43.7. The van der Waals surface area contributed by atoms with E-state index in [0.29, 0.717) is 17.5 Å². The molecule has 2 aromatic rings. The van der Waals surface area contributed by atoms with Gasteiger partial charge in [-0.15, -0.1) is 0 Å². The Labute approximate surface area is 246 Å². The van der Waals surface area contributed by atoms with Crippen LogP contribution in [0.3, 0.4) is 0 Å². The summed E-state index contributed by atoms with van der Waals surface area (Å²) in [7, 11) is 0. The number of ketones is 2. The Morgan fingerprint density at radius 2 is 1.05 bits per heavy atom. The fourth-order valence-corrected chi connectivity index (χ4v) is 3.11. The van der Waals surface area contributed by atoms with Crippen molar-refractivity contribution < 1.29 is 28.8 Å². The number of hydrogen-bond acceptors (Lipinski definition) is 6. The Balaban J connectivity index is -0.00000137. The van der Waals surface area contributed by atoms with Crippen molar-refractivity contribution in [3.63, 3.8) is 0 Å². The van der Waals surface area contributed by atoms with E-state index in [1.165, 1.54) is 31.2 Å². The lowest BCUT2D eigenvalue weighted by atomic mass is 10.0. The van der Waals surface area contributed by atoms with Crippen molar-refractivity contribution in [2.75, 3.05) is 13.3 Å². The molecule has 0 heterocycles. The van der Waals surface area contributed by atoms with Gasteiger partial charge in [0.2, 0.25) is 5.91 Å². The second-order valence-corrected chi connectivity index (χ2v) is 8.03. The van der Waals surface area contributed by atoms with Gasteiger partial charge in [-0.3, -0.25) is 28.8 Å². The van der Waals surface area contributed by atoms with Gasteiger partial charge in [-0.05, 0) is 43.7 Å². The molecule has 0 radical (unpaired) electrons. The van der Waals surface area contributed by atoms with Crippen molar-refractivity contribution in [2.24, 2.45) is 0 Å². The highest BCUT2D eigenvalue weighted by Crippen LogP contribution is 2.09. The van der Waals surface area contributed by atoms with Gasteiger partial charge in [-0.25, -0.2) is 0 Å². The van der Waals surface area contributed by atoms with E-state index in [9.17, 15) is 28.8 Å². The van der Waals surface area contributed by atoms with Gasteiger partial charge in [0.15, 0.2) is 5.78 Å². The summed E-state index contributed by atoms with van der Waals surface area (Å²) in [4.78, 5) is 71.4.